The SMILES string of the molecule is N#CCC1(n2cc(C(N)=O)c(NC(=O)CC3CC3C3CC3)n2)CCN(CC(F)(F)F)CC1. The molecule has 0 bridgehead atoms. The fourth-order valence-corrected chi connectivity index (χ4v) is 4.93. The number of hydrogen-bond donors (Lipinski definition) is 2. The molecule has 2 unspecified atom stereocenters. The predicted molar refractivity (Wildman–Crippen MR) is 108 cm³/mol. The number of anilines is 1. The lowest BCUT2D eigenvalue weighted by atomic mass is 9.85. The van der Waals surface area contributed by atoms with E-state index in [1.807, 2.05) is 0 Å². The number of hydrogen-bond acceptors (Lipinski definition) is 5. The summed E-state index contributed by atoms with van der Waals surface area (Å²) >= 11 is 0. The van der Waals surface area contributed by atoms with E-state index in [1.165, 1.54) is 28.6 Å². The maximum atomic E-state index is 12.7. The number of nitrogens with two attached hydrogens (primary N) is 1. The van der Waals surface area contributed by atoms with Crippen molar-refractivity contribution in [3.05, 3.63) is 11.8 Å². The van der Waals surface area contributed by atoms with Gasteiger partial charge in [0.2, 0.25) is 5.91 Å². The molecule has 174 valence electrons. The van der Waals surface area contributed by atoms with Crippen LogP contribution in [-0.2, 0) is 10.3 Å². The maximum Gasteiger partial charge on any atom is 0.401 e. The monoisotopic (exact) mass is 452 g/mol. The van der Waals surface area contributed by atoms with Crippen molar-refractivity contribution in [1.29, 1.82) is 5.26 Å². The van der Waals surface area contributed by atoms with E-state index in [4.69, 9.17) is 5.73 Å². The highest BCUT2D eigenvalue weighted by Gasteiger charge is 2.48. The van der Waals surface area contributed by atoms with E-state index in [2.05, 4.69) is 16.5 Å². The Bertz CT molecular complexity index is 925. The Hall–Kier alpha value is -2.61. The Balaban J connectivity index is 1.47. The Morgan fingerprint density at radius 1 is 1.31 bits per heavy atom. The van der Waals surface area contributed by atoms with E-state index >= 15 is 0 Å². The molecule has 11 heteroatoms. The summed E-state index contributed by atoms with van der Waals surface area (Å²) in [5, 5.41) is 16.4. The van der Waals surface area contributed by atoms with Crippen LogP contribution in [0.25, 0.3) is 0 Å². The van der Waals surface area contributed by atoms with Gasteiger partial charge in [-0.1, -0.05) is 0 Å². The first-order valence-corrected chi connectivity index (χ1v) is 11.0. The van der Waals surface area contributed by atoms with Crippen molar-refractivity contribution in [3.8, 4) is 6.07 Å². The van der Waals surface area contributed by atoms with Gasteiger partial charge in [-0.3, -0.25) is 19.2 Å². The van der Waals surface area contributed by atoms with Gasteiger partial charge in [0.15, 0.2) is 5.82 Å². The summed E-state index contributed by atoms with van der Waals surface area (Å²) in [6.07, 6.45) is 1.53. The molecule has 0 spiro atoms. The Kier molecular flexibility index (Phi) is 5.92. The summed E-state index contributed by atoms with van der Waals surface area (Å²) in [5.74, 6) is 0.776. The zero-order valence-electron chi connectivity index (χ0n) is 17.7. The second kappa shape index (κ2) is 8.39. The van der Waals surface area contributed by atoms with Crippen LogP contribution in [0.5, 0.6) is 0 Å². The number of primary amides is 1. The predicted octanol–water partition coefficient (Wildman–Crippen LogP) is 2.62. The quantitative estimate of drug-likeness (QED) is 0.629. The van der Waals surface area contributed by atoms with E-state index in [0.29, 0.717) is 18.3 Å². The fourth-order valence-electron chi connectivity index (χ4n) is 4.93. The van der Waals surface area contributed by atoms with Crippen molar-refractivity contribution in [1.82, 2.24) is 14.7 Å². The molecule has 2 aliphatic carbocycles. The van der Waals surface area contributed by atoms with Crippen LogP contribution in [0.15, 0.2) is 6.20 Å². The topological polar surface area (TPSA) is 117 Å². The molecule has 2 heterocycles. The van der Waals surface area contributed by atoms with Gasteiger partial charge in [-0.25, -0.2) is 0 Å². The summed E-state index contributed by atoms with van der Waals surface area (Å²) in [5.41, 5.74) is 4.65. The number of rotatable bonds is 8. The average Bonchev–Trinajstić information content (AvgIpc) is 3.60. The molecule has 32 heavy (non-hydrogen) atoms. The molecular weight excluding hydrogens is 425 g/mol. The third kappa shape index (κ3) is 5.06. The first kappa shape index (κ1) is 22.6. The van der Waals surface area contributed by atoms with E-state index in [9.17, 15) is 28.0 Å². The zero-order valence-corrected chi connectivity index (χ0v) is 17.7. The molecule has 2 saturated carbocycles. The molecule has 3 aliphatic rings. The Morgan fingerprint density at radius 2 is 2.00 bits per heavy atom. The fraction of sp³-hybridized carbons (Fsp3) is 0.714. The van der Waals surface area contributed by atoms with Crippen LogP contribution in [-0.4, -0.2) is 52.3 Å². The van der Waals surface area contributed by atoms with Gasteiger partial charge in [-0.15, -0.1) is 0 Å². The molecular formula is C21H27F3N6O2. The minimum Gasteiger partial charge on any atom is -0.365 e. The number of amides is 2. The van der Waals surface area contributed by atoms with Crippen LogP contribution in [0.1, 0.15) is 55.3 Å². The molecule has 0 radical (unpaired) electrons. The number of carbonyl (C=O) groups excluding carboxylic acids is 2. The number of nitrogens with zero attached hydrogens (tertiary/aromatic N) is 4. The lowest BCUT2D eigenvalue weighted by molar-refractivity contribution is -0.150. The summed E-state index contributed by atoms with van der Waals surface area (Å²) in [7, 11) is 0. The molecule has 1 saturated heterocycles. The Morgan fingerprint density at radius 3 is 2.56 bits per heavy atom. The third-order valence-corrected chi connectivity index (χ3v) is 6.97. The molecule has 1 aromatic rings. The van der Waals surface area contributed by atoms with Gasteiger partial charge in [-0.05, 0) is 49.9 Å². The van der Waals surface area contributed by atoms with E-state index in [1.54, 1.807) is 0 Å². The van der Waals surface area contributed by atoms with Gasteiger partial charge >= 0.3 is 6.18 Å². The number of carbonyl (C=O) groups is 2. The smallest absolute Gasteiger partial charge is 0.365 e. The van der Waals surface area contributed by atoms with Crippen LogP contribution in [0.3, 0.4) is 0 Å². The zero-order chi connectivity index (χ0) is 23.1. The number of piperidine rings is 1. The number of aromatic nitrogens is 2. The van der Waals surface area contributed by atoms with Crippen LogP contribution >= 0.6 is 0 Å². The van der Waals surface area contributed by atoms with Gasteiger partial charge in [0.05, 0.1) is 24.6 Å². The minimum absolute atomic E-state index is 0.0191. The van der Waals surface area contributed by atoms with Gasteiger partial charge in [0, 0.05) is 25.7 Å². The standard InChI is InChI=1S/C21H27F3N6O2/c22-21(23,24)12-29-7-4-20(3-6-25,5-8-29)30-11-16(18(26)32)19(28-30)27-17(31)10-14-9-15(14)13-1-2-13/h11,13-15H,1-5,7-10,12H2,(H2,26,32)(H,27,28,31). The van der Waals surface area contributed by atoms with Gasteiger partial charge in [0.25, 0.3) is 5.91 Å². The van der Waals surface area contributed by atoms with Crippen LogP contribution < -0.4 is 11.1 Å². The molecule has 4 rings (SSSR count). The normalized spacial score (nSPS) is 25.2. The molecule has 1 aromatic heterocycles. The summed E-state index contributed by atoms with van der Waals surface area (Å²) in [4.78, 5) is 25.8. The maximum absolute atomic E-state index is 12.7. The van der Waals surface area contributed by atoms with Gasteiger partial charge in [0.1, 0.15) is 5.56 Å². The van der Waals surface area contributed by atoms with E-state index in [-0.39, 0.29) is 49.6 Å². The van der Waals surface area contributed by atoms with Crippen molar-refractivity contribution < 1.29 is 22.8 Å². The van der Waals surface area contributed by atoms with Gasteiger partial charge in [-0.2, -0.15) is 23.5 Å². The van der Waals surface area contributed by atoms with Crippen molar-refractivity contribution in [2.75, 3.05) is 25.0 Å². The number of alkyl halides is 3. The summed E-state index contributed by atoms with van der Waals surface area (Å²) in [6, 6.07) is 2.09. The van der Waals surface area contributed by atoms with Crippen LogP contribution in [0.4, 0.5) is 19.0 Å². The van der Waals surface area contributed by atoms with Crippen LogP contribution in [0, 0.1) is 29.1 Å². The third-order valence-electron chi connectivity index (χ3n) is 6.97. The highest BCUT2D eigenvalue weighted by Crippen LogP contribution is 2.55. The lowest BCUT2D eigenvalue weighted by Crippen LogP contribution is -2.48. The van der Waals surface area contributed by atoms with Gasteiger partial charge < -0.3 is 11.1 Å². The molecule has 1 aliphatic heterocycles. The van der Waals surface area contributed by atoms with Crippen molar-refractivity contribution in [3.63, 3.8) is 0 Å². The number of likely N-dealkylation sites (tertiary alicyclic amines) is 1. The second-order valence-electron chi connectivity index (χ2n) is 9.40. The highest BCUT2D eigenvalue weighted by atomic mass is 19.4. The number of nitriles is 1. The minimum atomic E-state index is -4.29. The van der Waals surface area contributed by atoms with Crippen LogP contribution in [0.2, 0.25) is 0 Å². The first-order valence-electron chi connectivity index (χ1n) is 11.0. The number of halogens is 3. The largest absolute Gasteiger partial charge is 0.401 e. The van der Waals surface area contributed by atoms with Crippen molar-refractivity contribution >= 4 is 17.6 Å². The highest BCUT2D eigenvalue weighted by molar-refractivity contribution is 6.01. The molecule has 3 fully saturated rings. The van der Waals surface area contributed by atoms with Crippen molar-refractivity contribution in [2.45, 2.75) is 56.7 Å². The molecule has 2 atom stereocenters. The summed E-state index contributed by atoms with van der Waals surface area (Å²) in [6.45, 7) is -0.733. The lowest BCUT2D eigenvalue weighted by Gasteiger charge is -2.40. The molecule has 2 amide bonds. The summed E-state index contributed by atoms with van der Waals surface area (Å²) < 4.78 is 39.6. The molecule has 0 aromatic carbocycles. The molecule has 3 N–H and O–H groups in total. The molecule has 8 nitrogen and oxygen atoms in total. The average molecular weight is 452 g/mol. The van der Waals surface area contributed by atoms with E-state index in [0.717, 1.165) is 12.3 Å². The second-order valence-corrected chi connectivity index (χ2v) is 9.40. The number of nitrogens with one attached hydrogen (secondary N) is 1. The van der Waals surface area contributed by atoms with E-state index < -0.39 is 24.2 Å². The first-order chi connectivity index (χ1) is 15.1. The Labute approximate surface area is 183 Å². The van der Waals surface area contributed by atoms with Crippen molar-refractivity contribution in [2.24, 2.45) is 23.5 Å².